The van der Waals surface area contributed by atoms with Crippen molar-refractivity contribution in [2.45, 2.75) is 12.8 Å². The highest BCUT2D eigenvalue weighted by atomic mass is 14.9. The van der Waals surface area contributed by atoms with E-state index in [9.17, 15) is 0 Å². The Morgan fingerprint density at radius 2 is 2.43 bits per heavy atom. The van der Waals surface area contributed by atoms with Crippen LogP contribution in [-0.4, -0.2) is 26.7 Å². The molecule has 76 valence electrons. The van der Waals surface area contributed by atoms with Gasteiger partial charge in [0.25, 0.3) is 0 Å². The van der Waals surface area contributed by atoms with Gasteiger partial charge in [0.2, 0.25) is 0 Å². The van der Waals surface area contributed by atoms with E-state index >= 15 is 0 Å². The molecule has 2 aliphatic rings. The van der Waals surface area contributed by atoms with Crippen LogP contribution in [0.25, 0.3) is 0 Å². The molecule has 0 spiro atoms. The van der Waals surface area contributed by atoms with Gasteiger partial charge in [0.1, 0.15) is 0 Å². The Hall–Kier alpha value is -0.860. The first-order valence-electron chi connectivity index (χ1n) is 5.35. The molecule has 0 bridgehead atoms. The Balaban J connectivity index is 2.27. The van der Waals surface area contributed by atoms with Gasteiger partial charge in [-0.25, -0.2) is 0 Å². The van der Waals surface area contributed by atoms with E-state index < -0.39 is 0 Å². The summed E-state index contributed by atoms with van der Waals surface area (Å²) in [5.41, 5.74) is 4.54. The van der Waals surface area contributed by atoms with Gasteiger partial charge in [-0.1, -0.05) is 18.2 Å². The summed E-state index contributed by atoms with van der Waals surface area (Å²) in [6, 6.07) is 0. The van der Waals surface area contributed by atoms with Crippen LogP contribution in [0.1, 0.15) is 12.8 Å². The van der Waals surface area contributed by atoms with Crippen LogP contribution in [0.4, 0.5) is 0 Å². The maximum atomic E-state index is 3.42. The molecule has 14 heavy (non-hydrogen) atoms. The van der Waals surface area contributed by atoms with E-state index in [1.54, 1.807) is 5.57 Å². The molecule has 1 aliphatic carbocycles. The van der Waals surface area contributed by atoms with Crippen LogP contribution in [0, 0.1) is 0 Å². The summed E-state index contributed by atoms with van der Waals surface area (Å²) in [5, 5.41) is 6.67. The molecule has 0 unspecified atom stereocenters. The third-order valence-electron chi connectivity index (χ3n) is 2.83. The number of rotatable bonds is 2. The van der Waals surface area contributed by atoms with Crippen molar-refractivity contribution in [2.24, 2.45) is 0 Å². The van der Waals surface area contributed by atoms with E-state index in [0.717, 1.165) is 26.1 Å². The Bertz CT molecular complexity index is 297. The van der Waals surface area contributed by atoms with Gasteiger partial charge in [0, 0.05) is 13.1 Å². The van der Waals surface area contributed by atoms with Gasteiger partial charge in [0.05, 0.1) is 0 Å². The summed E-state index contributed by atoms with van der Waals surface area (Å²) in [5.74, 6) is 0. The third-order valence-corrected chi connectivity index (χ3v) is 2.83. The molecule has 1 aliphatic heterocycles. The molecule has 0 amide bonds. The van der Waals surface area contributed by atoms with Gasteiger partial charge in [-0.2, -0.15) is 0 Å². The zero-order valence-corrected chi connectivity index (χ0v) is 8.77. The highest BCUT2D eigenvalue weighted by Gasteiger charge is 2.14. The fourth-order valence-corrected chi connectivity index (χ4v) is 2.14. The fraction of sp³-hybridized carbons (Fsp3) is 0.500. The van der Waals surface area contributed by atoms with Crippen LogP contribution in [0.5, 0.6) is 0 Å². The van der Waals surface area contributed by atoms with Crippen molar-refractivity contribution in [2.75, 3.05) is 26.7 Å². The number of hydrogen-bond donors (Lipinski definition) is 2. The Morgan fingerprint density at radius 1 is 1.50 bits per heavy atom. The summed E-state index contributed by atoms with van der Waals surface area (Å²) in [4.78, 5) is 0. The SMILES string of the molecule is CNCC1=CCC=CC2=C1CCNC2. The number of allylic oxidation sites excluding steroid dienone is 2. The molecule has 1 heterocycles. The van der Waals surface area contributed by atoms with Crippen molar-refractivity contribution >= 4 is 0 Å². The largest absolute Gasteiger partial charge is 0.316 e. The summed E-state index contributed by atoms with van der Waals surface area (Å²) in [7, 11) is 2.01. The standard InChI is InChI=1S/C12H18N2/c1-13-8-10-4-2-3-5-11-9-14-7-6-12(10)11/h3-5,13-14H,2,6-9H2,1H3. The lowest BCUT2D eigenvalue weighted by molar-refractivity contribution is 0.684. The molecule has 0 saturated heterocycles. The smallest absolute Gasteiger partial charge is 0.0208 e. The molecule has 0 aromatic rings. The lowest BCUT2D eigenvalue weighted by Gasteiger charge is -2.21. The zero-order chi connectivity index (χ0) is 9.80. The van der Waals surface area contributed by atoms with Crippen molar-refractivity contribution in [3.8, 4) is 0 Å². The molecule has 0 saturated carbocycles. The van der Waals surface area contributed by atoms with E-state index in [-0.39, 0.29) is 0 Å². The second kappa shape index (κ2) is 4.58. The number of nitrogens with one attached hydrogen (secondary N) is 2. The molecule has 2 heteroatoms. The minimum atomic E-state index is 1.00. The molecule has 0 atom stereocenters. The van der Waals surface area contributed by atoms with Crippen LogP contribution in [0.3, 0.4) is 0 Å². The predicted octanol–water partition coefficient (Wildman–Crippen LogP) is 1.38. The quantitative estimate of drug-likeness (QED) is 0.687. The second-order valence-electron chi connectivity index (χ2n) is 3.83. The number of hydrogen-bond acceptors (Lipinski definition) is 2. The van der Waals surface area contributed by atoms with Gasteiger partial charge < -0.3 is 10.6 Å². The van der Waals surface area contributed by atoms with Crippen molar-refractivity contribution in [1.29, 1.82) is 0 Å². The molecule has 2 N–H and O–H groups in total. The topological polar surface area (TPSA) is 24.1 Å². The highest BCUT2D eigenvalue weighted by Crippen LogP contribution is 2.24. The van der Waals surface area contributed by atoms with E-state index in [2.05, 4.69) is 28.9 Å². The summed E-state index contributed by atoms with van der Waals surface area (Å²) < 4.78 is 0. The molecule has 0 aromatic heterocycles. The minimum absolute atomic E-state index is 1.00. The van der Waals surface area contributed by atoms with Crippen LogP contribution in [-0.2, 0) is 0 Å². The van der Waals surface area contributed by atoms with Gasteiger partial charge in [-0.15, -0.1) is 0 Å². The van der Waals surface area contributed by atoms with Gasteiger partial charge >= 0.3 is 0 Å². The van der Waals surface area contributed by atoms with Crippen molar-refractivity contribution < 1.29 is 0 Å². The number of likely N-dealkylation sites (N-methyl/N-ethyl adjacent to an activating group) is 1. The Morgan fingerprint density at radius 3 is 3.29 bits per heavy atom. The van der Waals surface area contributed by atoms with Crippen LogP contribution in [0.2, 0.25) is 0 Å². The molecule has 0 aromatic carbocycles. The van der Waals surface area contributed by atoms with Crippen molar-refractivity contribution in [1.82, 2.24) is 10.6 Å². The third kappa shape index (κ3) is 1.97. The Labute approximate surface area is 85.8 Å². The first kappa shape index (κ1) is 9.69. The zero-order valence-electron chi connectivity index (χ0n) is 8.77. The lowest BCUT2D eigenvalue weighted by Crippen LogP contribution is -2.26. The molecule has 0 radical (unpaired) electrons. The summed E-state index contributed by atoms with van der Waals surface area (Å²) in [6.45, 7) is 3.15. The molecular formula is C12H18N2. The van der Waals surface area contributed by atoms with Gasteiger partial charge in [-0.3, -0.25) is 0 Å². The average molecular weight is 190 g/mol. The van der Waals surface area contributed by atoms with E-state index in [0.29, 0.717) is 0 Å². The molecular weight excluding hydrogens is 172 g/mol. The predicted molar refractivity (Wildman–Crippen MR) is 60.3 cm³/mol. The van der Waals surface area contributed by atoms with Crippen LogP contribution >= 0.6 is 0 Å². The van der Waals surface area contributed by atoms with E-state index in [4.69, 9.17) is 0 Å². The maximum Gasteiger partial charge on any atom is 0.0208 e. The van der Waals surface area contributed by atoms with E-state index in [1.165, 1.54) is 17.6 Å². The normalized spacial score (nSPS) is 21.6. The van der Waals surface area contributed by atoms with E-state index in [1.807, 2.05) is 7.05 Å². The summed E-state index contributed by atoms with van der Waals surface area (Å²) in [6.07, 6.45) is 9.13. The lowest BCUT2D eigenvalue weighted by atomic mass is 9.94. The Kier molecular flexibility index (Phi) is 3.17. The summed E-state index contributed by atoms with van der Waals surface area (Å²) >= 11 is 0. The highest BCUT2D eigenvalue weighted by molar-refractivity contribution is 5.45. The molecule has 2 rings (SSSR count). The second-order valence-corrected chi connectivity index (χ2v) is 3.83. The van der Waals surface area contributed by atoms with Crippen molar-refractivity contribution in [3.63, 3.8) is 0 Å². The molecule has 0 fully saturated rings. The van der Waals surface area contributed by atoms with Crippen LogP contribution < -0.4 is 10.6 Å². The monoisotopic (exact) mass is 190 g/mol. The maximum absolute atomic E-state index is 3.42. The van der Waals surface area contributed by atoms with Crippen molar-refractivity contribution in [3.05, 3.63) is 34.9 Å². The first-order chi connectivity index (χ1) is 6.92. The molecule has 2 nitrogen and oxygen atoms in total. The minimum Gasteiger partial charge on any atom is -0.316 e. The van der Waals surface area contributed by atoms with Crippen LogP contribution in [0.15, 0.2) is 34.9 Å². The average Bonchev–Trinajstić information content (AvgIpc) is 2.42. The fourth-order valence-electron chi connectivity index (χ4n) is 2.14. The first-order valence-corrected chi connectivity index (χ1v) is 5.35. The van der Waals surface area contributed by atoms with Gasteiger partial charge in [-0.05, 0) is 43.2 Å². The van der Waals surface area contributed by atoms with Gasteiger partial charge in [0.15, 0.2) is 0 Å².